The van der Waals surface area contributed by atoms with Gasteiger partial charge in [-0.05, 0) is 31.5 Å². The van der Waals surface area contributed by atoms with Crippen molar-refractivity contribution in [1.82, 2.24) is 4.57 Å². The summed E-state index contributed by atoms with van der Waals surface area (Å²) in [6.45, 7) is 3.62. The largest absolute Gasteiger partial charge is 0.467 e. The summed E-state index contributed by atoms with van der Waals surface area (Å²) in [6, 6.07) is 7.82. The standard InChI is InChI=1S/C20H18F2N2O3S/c1-4-15(19(26)27-3)24-17-14(22)9-13(21)10-16(17)28-20(24)23-18(25)12-7-5-11(2)6-8-12/h5-10,15H,4H2,1-3H3. The summed E-state index contributed by atoms with van der Waals surface area (Å²) in [7, 11) is 1.23. The molecule has 0 aliphatic carbocycles. The molecule has 0 fully saturated rings. The number of carbonyl (C=O) groups is 2. The van der Waals surface area contributed by atoms with E-state index in [0.717, 1.165) is 29.0 Å². The van der Waals surface area contributed by atoms with Crippen LogP contribution in [0.25, 0.3) is 10.2 Å². The molecule has 0 saturated carbocycles. The van der Waals surface area contributed by atoms with Crippen molar-refractivity contribution in [1.29, 1.82) is 0 Å². The van der Waals surface area contributed by atoms with Gasteiger partial charge in [-0.15, -0.1) is 0 Å². The fraction of sp³-hybridized carbons (Fsp3) is 0.250. The summed E-state index contributed by atoms with van der Waals surface area (Å²) in [6.07, 6.45) is 0.279. The lowest BCUT2D eigenvalue weighted by atomic mass is 10.1. The molecule has 2 aromatic carbocycles. The van der Waals surface area contributed by atoms with E-state index in [1.54, 1.807) is 31.2 Å². The Balaban J connectivity index is 2.27. The van der Waals surface area contributed by atoms with Crippen LogP contribution < -0.4 is 4.80 Å². The van der Waals surface area contributed by atoms with E-state index >= 15 is 0 Å². The molecule has 5 nitrogen and oxygen atoms in total. The molecule has 0 aliphatic rings. The van der Waals surface area contributed by atoms with Gasteiger partial charge in [-0.1, -0.05) is 36.0 Å². The lowest BCUT2D eigenvalue weighted by molar-refractivity contribution is -0.144. The number of aromatic nitrogens is 1. The molecular weight excluding hydrogens is 386 g/mol. The summed E-state index contributed by atoms with van der Waals surface area (Å²) in [4.78, 5) is 29.0. The maximum absolute atomic E-state index is 14.6. The van der Waals surface area contributed by atoms with Gasteiger partial charge in [0.1, 0.15) is 11.9 Å². The second-order valence-corrected chi connectivity index (χ2v) is 7.23. The number of amides is 1. The minimum absolute atomic E-state index is 0.0131. The Kier molecular flexibility index (Phi) is 5.69. The van der Waals surface area contributed by atoms with E-state index in [-0.39, 0.29) is 21.4 Å². The molecule has 3 aromatic rings. The van der Waals surface area contributed by atoms with Crippen LogP contribution in [0.1, 0.15) is 35.3 Å². The van der Waals surface area contributed by atoms with Crippen LogP contribution in [-0.2, 0) is 9.53 Å². The predicted octanol–water partition coefficient (Wildman–Crippen LogP) is 4.15. The van der Waals surface area contributed by atoms with Gasteiger partial charge >= 0.3 is 5.97 Å². The molecule has 28 heavy (non-hydrogen) atoms. The number of rotatable bonds is 4. The molecule has 0 radical (unpaired) electrons. The molecular formula is C20H18F2N2O3S. The number of carbonyl (C=O) groups excluding carboxylic acids is 2. The Hall–Kier alpha value is -2.87. The van der Waals surface area contributed by atoms with E-state index in [2.05, 4.69) is 4.99 Å². The fourth-order valence-electron chi connectivity index (χ4n) is 2.90. The van der Waals surface area contributed by atoms with Crippen LogP contribution in [0.5, 0.6) is 0 Å². The van der Waals surface area contributed by atoms with Crippen molar-refractivity contribution in [3.05, 3.63) is 64.0 Å². The zero-order valence-electron chi connectivity index (χ0n) is 15.5. The lowest BCUT2D eigenvalue weighted by Gasteiger charge is -2.16. The predicted molar refractivity (Wildman–Crippen MR) is 102 cm³/mol. The summed E-state index contributed by atoms with van der Waals surface area (Å²) in [5, 5.41) is 0. The van der Waals surface area contributed by atoms with Gasteiger partial charge in [0, 0.05) is 11.6 Å². The number of hydrogen-bond donors (Lipinski definition) is 0. The smallest absolute Gasteiger partial charge is 0.328 e. The normalized spacial score (nSPS) is 13.0. The third kappa shape index (κ3) is 3.73. The topological polar surface area (TPSA) is 60.7 Å². The minimum atomic E-state index is -0.900. The third-order valence-electron chi connectivity index (χ3n) is 4.31. The third-order valence-corrected chi connectivity index (χ3v) is 5.31. The van der Waals surface area contributed by atoms with E-state index in [9.17, 15) is 18.4 Å². The van der Waals surface area contributed by atoms with Gasteiger partial charge in [0.05, 0.1) is 17.3 Å². The minimum Gasteiger partial charge on any atom is -0.467 e. The molecule has 3 rings (SSSR count). The highest BCUT2D eigenvalue weighted by Gasteiger charge is 2.25. The molecule has 1 heterocycles. The van der Waals surface area contributed by atoms with E-state index in [4.69, 9.17) is 4.74 Å². The Morgan fingerprint density at radius 3 is 2.50 bits per heavy atom. The number of nitrogens with zero attached hydrogens (tertiary/aromatic N) is 2. The molecule has 1 aromatic heterocycles. The number of thiazole rings is 1. The summed E-state index contributed by atoms with van der Waals surface area (Å²) < 4.78 is 34.6. The first-order chi connectivity index (χ1) is 13.3. The van der Waals surface area contributed by atoms with Gasteiger partial charge in [-0.3, -0.25) is 9.36 Å². The maximum Gasteiger partial charge on any atom is 0.328 e. The van der Waals surface area contributed by atoms with Crippen molar-refractivity contribution in [3.8, 4) is 0 Å². The highest BCUT2D eigenvalue weighted by atomic mass is 32.1. The number of hydrogen-bond acceptors (Lipinski definition) is 4. The van der Waals surface area contributed by atoms with Gasteiger partial charge in [0.25, 0.3) is 5.91 Å². The Morgan fingerprint density at radius 2 is 1.89 bits per heavy atom. The van der Waals surface area contributed by atoms with Crippen LogP contribution in [0, 0.1) is 18.6 Å². The second-order valence-electron chi connectivity index (χ2n) is 6.22. The van der Waals surface area contributed by atoms with Crippen molar-refractivity contribution in [2.45, 2.75) is 26.3 Å². The van der Waals surface area contributed by atoms with E-state index < -0.39 is 29.6 Å². The quantitative estimate of drug-likeness (QED) is 0.614. The Bertz CT molecular complexity index is 1120. The SMILES string of the molecule is CCC(C(=O)OC)n1c(=NC(=O)c2ccc(C)cc2)sc2cc(F)cc(F)c21. The van der Waals surface area contributed by atoms with Crippen molar-refractivity contribution in [2.75, 3.05) is 7.11 Å². The Labute approximate surface area is 163 Å². The van der Waals surface area contributed by atoms with Crippen molar-refractivity contribution in [2.24, 2.45) is 4.99 Å². The maximum atomic E-state index is 14.6. The first-order valence-electron chi connectivity index (χ1n) is 8.59. The van der Waals surface area contributed by atoms with Crippen LogP contribution >= 0.6 is 11.3 Å². The van der Waals surface area contributed by atoms with Crippen LogP contribution in [0.3, 0.4) is 0 Å². The fourth-order valence-corrected chi connectivity index (χ4v) is 4.01. The molecule has 0 bridgehead atoms. The summed E-state index contributed by atoms with van der Waals surface area (Å²) in [5.41, 5.74) is 1.36. The van der Waals surface area contributed by atoms with Crippen LogP contribution in [-0.4, -0.2) is 23.6 Å². The number of benzene rings is 2. The first-order valence-corrected chi connectivity index (χ1v) is 9.41. The average Bonchev–Trinajstić information content (AvgIpc) is 3.00. The zero-order valence-corrected chi connectivity index (χ0v) is 16.3. The van der Waals surface area contributed by atoms with Crippen LogP contribution in [0.4, 0.5) is 8.78 Å². The van der Waals surface area contributed by atoms with E-state index in [1.165, 1.54) is 11.7 Å². The number of halogens is 2. The summed E-state index contributed by atoms with van der Waals surface area (Å²) in [5.74, 6) is -2.73. The highest BCUT2D eigenvalue weighted by Crippen LogP contribution is 2.27. The zero-order chi connectivity index (χ0) is 20.4. The molecule has 0 saturated heterocycles. The van der Waals surface area contributed by atoms with Gasteiger partial charge in [0.2, 0.25) is 0 Å². The first kappa shape index (κ1) is 19.9. The summed E-state index contributed by atoms with van der Waals surface area (Å²) >= 11 is 0.938. The molecule has 0 N–H and O–H groups in total. The average molecular weight is 404 g/mol. The Morgan fingerprint density at radius 1 is 1.21 bits per heavy atom. The van der Waals surface area contributed by atoms with Gasteiger partial charge in [-0.2, -0.15) is 4.99 Å². The number of methoxy groups -OCH3 is 1. The van der Waals surface area contributed by atoms with E-state index in [1.807, 2.05) is 6.92 Å². The molecule has 8 heteroatoms. The van der Waals surface area contributed by atoms with Crippen molar-refractivity contribution >= 4 is 33.4 Å². The van der Waals surface area contributed by atoms with Crippen molar-refractivity contribution < 1.29 is 23.1 Å². The second kappa shape index (κ2) is 8.02. The van der Waals surface area contributed by atoms with E-state index in [0.29, 0.717) is 5.56 Å². The highest BCUT2D eigenvalue weighted by molar-refractivity contribution is 7.16. The molecule has 1 atom stereocenters. The molecule has 1 unspecified atom stereocenters. The van der Waals surface area contributed by atoms with Gasteiger partial charge in [-0.25, -0.2) is 13.6 Å². The molecule has 0 spiro atoms. The number of esters is 1. The molecule has 1 amide bonds. The lowest BCUT2D eigenvalue weighted by Crippen LogP contribution is -2.28. The number of fused-ring (bicyclic) bond motifs is 1. The van der Waals surface area contributed by atoms with Gasteiger partial charge < -0.3 is 4.74 Å². The van der Waals surface area contributed by atoms with Crippen molar-refractivity contribution in [3.63, 3.8) is 0 Å². The molecule has 146 valence electrons. The molecule has 0 aliphatic heterocycles. The monoisotopic (exact) mass is 404 g/mol. The van der Waals surface area contributed by atoms with Crippen LogP contribution in [0.2, 0.25) is 0 Å². The van der Waals surface area contributed by atoms with Gasteiger partial charge in [0.15, 0.2) is 10.6 Å². The van der Waals surface area contributed by atoms with Crippen LogP contribution in [0.15, 0.2) is 41.4 Å². The number of aryl methyl sites for hydroxylation is 1. The number of ether oxygens (including phenoxy) is 1.